The second kappa shape index (κ2) is 7.72. The average Bonchev–Trinajstić information content (AvgIpc) is 2.52. The molecule has 1 heterocycles. The number of hydrogen-bond acceptors (Lipinski definition) is 3. The van der Waals surface area contributed by atoms with Gasteiger partial charge in [0.15, 0.2) is 0 Å². The fraction of sp³-hybridized carbons (Fsp3) is 0.529. The van der Waals surface area contributed by atoms with Gasteiger partial charge in [-0.15, -0.1) is 0 Å². The average molecular weight is 372 g/mol. The first-order chi connectivity index (χ1) is 11.2. The number of carbonyl (C=O) groups excluding carboxylic acids is 2. The Balaban J connectivity index is 2.05. The molecule has 3 N–H and O–H groups in total. The third-order valence-electron chi connectivity index (χ3n) is 4.47. The molecule has 1 aliphatic rings. The van der Waals surface area contributed by atoms with Gasteiger partial charge in [-0.1, -0.05) is 37.0 Å². The number of nitrogens with one attached hydrogen (secondary N) is 1. The van der Waals surface area contributed by atoms with Crippen LogP contribution in [0.15, 0.2) is 12.1 Å². The van der Waals surface area contributed by atoms with Crippen molar-refractivity contribution in [2.24, 2.45) is 11.7 Å². The predicted octanol–water partition coefficient (Wildman–Crippen LogP) is 2.54. The maximum atomic E-state index is 12.5. The van der Waals surface area contributed by atoms with Crippen LogP contribution < -0.4 is 11.1 Å². The van der Waals surface area contributed by atoms with Crippen molar-refractivity contribution in [3.8, 4) is 0 Å². The molecule has 0 bridgehead atoms. The van der Waals surface area contributed by atoms with Gasteiger partial charge >= 0.3 is 0 Å². The Bertz CT molecular complexity index is 649. The summed E-state index contributed by atoms with van der Waals surface area (Å²) >= 11 is 12.3. The van der Waals surface area contributed by atoms with E-state index in [1.54, 1.807) is 11.0 Å². The van der Waals surface area contributed by atoms with E-state index in [1.165, 1.54) is 0 Å². The summed E-state index contributed by atoms with van der Waals surface area (Å²) in [4.78, 5) is 26.1. The number of amides is 2. The molecule has 0 spiro atoms. The van der Waals surface area contributed by atoms with E-state index in [2.05, 4.69) is 5.32 Å². The quantitative estimate of drug-likeness (QED) is 0.853. The Morgan fingerprint density at radius 1 is 1.38 bits per heavy atom. The molecule has 1 unspecified atom stereocenters. The Labute approximate surface area is 152 Å². The SMILES string of the molecule is CC(C)[C@H](N)C(=O)NCC(=O)N1CCc2c(Cl)cc(Cl)cc2C1C. The number of benzene rings is 1. The fourth-order valence-corrected chi connectivity index (χ4v) is 3.48. The van der Waals surface area contributed by atoms with Gasteiger partial charge in [0.05, 0.1) is 18.6 Å². The van der Waals surface area contributed by atoms with Crippen LogP contribution in [0.4, 0.5) is 0 Å². The summed E-state index contributed by atoms with van der Waals surface area (Å²) in [5.74, 6) is -0.437. The monoisotopic (exact) mass is 371 g/mol. The fourth-order valence-electron chi connectivity index (χ4n) is 2.88. The van der Waals surface area contributed by atoms with E-state index in [9.17, 15) is 9.59 Å². The summed E-state index contributed by atoms with van der Waals surface area (Å²) in [6.07, 6.45) is 0.668. The third-order valence-corrected chi connectivity index (χ3v) is 5.03. The molecule has 2 rings (SSSR count). The smallest absolute Gasteiger partial charge is 0.242 e. The highest BCUT2D eigenvalue weighted by molar-refractivity contribution is 6.35. The van der Waals surface area contributed by atoms with Crippen molar-refractivity contribution in [2.75, 3.05) is 13.1 Å². The van der Waals surface area contributed by atoms with Crippen LogP contribution in [-0.2, 0) is 16.0 Å². The van der Waals surface area contributed by atoms with E-state index in [-0.39, 0.29) is 30.3 Å². The molecule has 1 aromatic carbocycles. The topological polar surface area (TPSA) is 75.4 Å². The molecule has 1 aliphatic heterocycles. The highest BCUT2D eigenvalue weighted by Crippen LogP contribution is 2.35. The summed E-state index contributed by atoms with van der Waals surface area (Å²) in [7, 11) is 0. The molecule has 2 atom stereocenters. The molecule has 0 saturated heterocycles. The van der Waals surface area contributed by atoms with E-state index >= 15 is 0 Å². The van der Waals surface area contributed by atoms with Crippen LogP contribution in [0.5, 0.6) is 0 Å². The van der Waals surface area contributed by atoms with Crippen LogP contribution in [0.25, 0.3) is 0 Å². The van der Waals surface area contributed by atoms with E-state index in [4.69, 9.17) is 28.9 Å². The third kappa shape index (κ3) is 4.02. The lowest BCUT2D eigenvalue weighted by Gasteiger charge is -2.36. The van der Waals surface area contributed by atoms with Gasteiger partial charge in [0.1, 0.15) is 0 Å². The van der Waals surface area contributed by atoms with Gasteiger partial charge in [-0.25, -0.2) is 0 Å². The maximum Gasteiger partial charge on any atom is 0.242 e. The zero-order valence-corrected chi connectivity index (χ0v) is 15.6. The van der Waals surface area contributed by atoms with Crippen molar-refractivity contribution in [3.63, 3.8) is 0 Å². The number of rotatable bonds is 4. The van der Waals surface area contributed by atoms with Crippen molar-refractivity contribution >= 4 is 35.0 Å². The van der Waals surface area contributed by atoms with Gasteiger partial charge < -0.3 is 16.0 Å². The zero-order valence-electron chi connectivity index (χ0n) is 14.1. The molecular formula is C17H23Cl2N3O2. The lowest BCUT2D eigenvalue weighted by Crippen LogP contribution is -2.49. The van der Waals surface area contributed by atoms with Gasteiger partial charge in [0.25, 0.3) is 0 Å². The summed E-state index contributed by atoms with van der Waals surface area (Å²) in [6, 6.07) is 2.81. The van der Waals surface area contributed by atoms with Crippen molar-refractivity contribution in [3.05, 3.63) is 33.3 Å². The van der Waals surface area contributed by atoms with Crippen LogP contribution in [0.2, 0.25) is 10.0 Å². The normalized spacial score (nSPS) is 18.3. The molecule has 0 radical (unpaired) electrons. The van der Waals surface area contributed by atoms with E-state index in [1.807, 2.05) is 26.8 Å². The van der Waals surface area contributed by atoms with Crippen LogP contribution in [0.1, 0.15) is 37.9 Å². The van der Waals surface area contributed by atoms with Gasteiger partial charge in [-0.05, 0) is 42.5 Å². The van der Waals surface area contributed by atoms with Crippen LogP contribution in [-0.4, -0.2) is 35.8 Å². The first-order valence-electron chi connectivity index (χ1n) is 8.03. The van der Waals surface area contributed by atoms with Crippen LogP contribution in [0.3, 0.4) is 0 Å². The number of halogens is 2. The Hall–Kier alpha value is -1.30. The summed E-state index contributed by atoms with van der Waals surface area (Å²) in [5, 5.41) is 3.80. The summed E-state index contributed by atoms with van der Waals surface area (Å²) in [5.41, 5.74) is 7.77. The number of carbonyl (C=O) groups is 2. The minimum atomic E-state index is -0.616. The molecule has 0 saturated carbocycles. The first-order valence-corrected chi connectivity index (χ1v) is 8.78. The van der Waals surface area contributed by atoms with Crippen LogP contribution >= 0.6 is 23.2 Å². The molecule has 0 fully saturated rings. The second-order valence-electron chi connectivity index (χ2n) is 6.46. The summed E-state index contributed by atoms with van der Waals surface area (Å²) < 4.78 is 0. The van der Waals surface area contributed by atoms with Gasteiger partial charge in [0.2, 0.25) is 11.8 Å². The zero-order chi connectivity index (χ0) is 18.0. The van der Waals surface area contributed by atoms with Crippen molar-refractivity contribution in [1.82, 2.24) is 10.2 Å². The number of nitrogens with zero attached hydrogens (tertiary/aromatic N) is 1. The van der Waals surface area contributed by atoms with E-state index in [0.717, 1.165) is 11.1 Å². The standard InChI is InChI=1S/C17H23Cl2N3O2/c1-9(2)16(20)17(24)21-8-15(23)22-5-4-12-13(10(22)3)6-11(18)7-14(12)19/h6-7,9-10,16H,4-5,8,20H2,1-3H3,(H,21,24)/t10?,16-/m0/s1. The second-order valence-corrected chi connectivity index (χ2v) is 7.30. The maximum absolute atomic E-state index is 12.5. The molecule has 24 heavy (non-hydrogen) atoms. The minimum Gasteiger partial charge on any atom is -0.346 e. The molecule has 2 amide bonds. The molecule has 1 aromatic rings. The molecule has 0 aromatic heterocycles. The highest BCUT2D eigenvalue weighted by atomic mass is 35.5. The first kappa shape index (κ1) is 19.0. The Morgan fingerprint density at radius 3 is 2.67 bits per heavy atom. The van der Waals surface area contributed by atoms with Gasteiger partial charge in [-0.2, -0.15) is 0 Å². The van der Waals surface area contributed by atoms with Crippen molar-refractivity contribution in [1.29, 1.82) is 0 Å². The summed E-state index contributed by atoms with van der Waals surface area (Å²) in [6.45, 7) is 6.16. The van der Waals surface area contributed by atoms with Gasteiger partial charge in [0, 0.05) is 16.6 Å². The molecule has 0 aliphatic carbocycles. The minimum absolute atomic E-state index is 0.0187. The Kier molecular flexibility index (Phi) is 6.12. The lowest BCUT2D eigenvalue weighted by molar-refractivity contribution is -0.135. The molecular weight excluding hydrogens is 349 g/mol. The molecule has 5 nitrogen and oxygen atoms in total. The molecule has 132 valence electrons. The van der Waals surface area contributed by atoms with Crippen molar-refractivity contribution in [2.45, 2.75) is 39.3 Å². The highest BCUT2D eigenvalue weighted by Gasteiger charge is 2.29. The Morgan fingerprint density at radius 2 is 2.04 bits per heavy atom. The lowest BCUT2D eigenvalue weighted by atomic mass is 9.93. The van der Waals surface area contributed by atoms with Crippen molar-refractivity contribution < 1.29 is 9.59 Å². The molecule has 7 heteroatoms. The van der Waals surface area contributed by atoms with E-state index < -0.39 is 6.04 Å². The van der Waals surface area contributed by atoms with Crippen LogP contribution in [0, 0.1) is 5.92 Å². The predicted molar refractivity (Wildman–Crippen MR) is 96.1 cm³/mol. The number of fused-ring (bicyclic) bond motifs is 1. The van der Waals surface area contributed by atoms with E-state index in [0.29, 0.717) is 23.0 Å². The largest absolute Gasteiger partial charge is 0.346 e. The van der Waals surface area contributed by atoms with Gasteiger partial charge in [-0.3, -0.25) is 9.59 Å². The number of nitrogens with two attached hydrogens (primary N) is 1. The number of hydrogen-bond donors (Lipinski definition) is 2.